The Hall–Kier alpha value is -2.37. The lowest BCUT2D eigenvalue weighted by atomic mass is 10.0. The summed E-state index contributed by atoms with van der Waals surface area (Å²) in [5.41, 5.74) is 5.62. The second-order valence-electron chi connectivity index (χ2n) is 3.55. The summed E-state index contributed by atoms with van der Waals surface area (Å²) in [7, 11) is 0. The standard InChI is InChI=1S/C11H9FN2O3/c1-5-7(11(15)16)2-6(3-8(5)12)9-4-10(13)14-17-9/h2-4H,1H3,(H2,13,14)(H,15,16). The van der Waals surface area contributed by atoms with Crippen LogP contribution in [0.3, 0.4) is 0 Å². The molecule has 0 saturated carbocycles. The summed E-state index contributed by atoms with van der Waals surface area (Å²) in [6.45, 7) is 1.40. The molecule has 1 aromatic heterocycles. The Morgan fingerprint density at radius 2 is 2.18 bits per heavy atom. The van der Waals surface area contributed by atoms with Gasteiger partial charge in [0.25, 0.3) is 0 Å². The Bertz CT molecular complexity index is 592. The van der Waals surface area contributed by atoms with Gasteiger partial charge in [-0.25, -0.2) is 9.18 Å². The summed E-state index contributed by atoms with van der Waals surface area (Å²) in [6, 6.07) is 3.90. The molecule has 6 heteroatoms. The number of halogens is 1. The Morgan fingerprint density at radius 3 is 2.71 bits per heavy atom. The molecule has 0 aliphatic heterocycles. The second kappa shape index (κ2) is 3.89. The topological polar surface area (TPSA) is 89.4 Å². The molecule has 0 radical (unpaired) electrons. The van der Waals surface area contributed by atoms with Crippen molar-refractivity contribution in [3.63, 3.8) is 0 Å². The van der Waals surface area contributed by atoms with Gasteiger partial charge in [0, 0.05) is 11.6 Å². The minimum absolute atomic E-state index is 0.0775. The number of aromatic carboxylic acids is 1. The van der Waals surface area contributed by atoms with E-state index in [0.29, 0.717) is 0 Å². The lowest BCUT2D eigenvalue weighted by Crippen LogP contribution is -2.02. The highest BCUT2D eigenvalue weighted by atomic mass is 19.1. The number of carboxylic acids is 1. The van der Waals surface area contributed by atoms with E-state index in [0.717, 1.165) is 0 Å². The van der Waals surface area contributed by atoms with E-state index in [2.05, 4.69) is 5.16 Å². The van der Waals surface area contributed by atoms with Crippen LogP contribution in [0.4, 0.5) is 10.2 Å². The van der Waals surface area contributed by atoms with E-state index in [1.54, 1.807) is 0 Å². The first kappa shape index (κ1) is 11.1. The fourth-order valence-electron chi connectivity index (χ4n) is 1.47. The number of aromatic nitrogens is 1. The number of carbonyl (C=O) groups is 1. The maximum atomic E-state index is 13.5. The molecule has 17 heavy (non-hydrogen) atoms. The van der Waals surface area contributed by atoms with Crippen molar-refractivity contribution in [2.45, 2.75) is 6.92 Å². The van der Waals surface area contributed by atoms with Crippen LogP contribution in [0.2, 0.25) is 0 Å². The average Bonchev–Trinajstić information content (AvgIpc) is 2.68. The molecule has 5 nitrogen and oxygen atoms in total. The van der Waals surface area contributed by atoms with E-state index in [4.69, 9.17) is 15.4 Å². The smallest absolute Gasteiger partial charge is 0.336 e. The van der Waals surface area contributed by atoms with Gasteiger partial charge in [-0.3, -0.25) is 0 Å². The number of nitrogens with two attached hydrogens (primary N) is 1. The van der Waals surface area contributed by atoms with Crippen molar-refractivity contribution in [2.24, 2.45) is 0 Å². The quantitative estimate of drug-likeness (QED) is 0.833. The van der Waals surface area contributed by atoms with Gasteiger partial charge in [-0.1, -0.05) is 5.16 Å². The molecule has 3 N–H and O–H groups in total. The summed E-state index contributed by atoms with van der Waals surface area (Å²) in [5.74, 6) is -1.44. The minimum Gasteiger partial charge on any atom is -0.478 e. The maximum absolute atomic E-state index is 13.5. The van der Waals surface area contributed by atoms with E-state index in [1.165, 1.54) is 25.1 Å². The van der Waals surface area contributed by atoms with Gasteiger partial charge in [0.15, 0.2) is 11.6 Å². The third-order valence-electron chi connectivity index (χ3n) is 2.39. The Balaban J connectivity index is 2.60. The molecule has 0 saturated heterocycles. The van der Waals surface area contributed by atoms with Gasteiger partial charge in [-0.2, -0.15) is 0 Å². The largest absolute Gasteiger partial charge is 0.478 e. The van der Waals surface area contributed by atoms with Gasteiger partial charge in [-0.15, -0.1) is 0 Å². The first-order valence-electron chi connectivity index (χ1n) is 4.75. The summed E-state index contributed by atoms with van der Waals surface area (Å²) in [6.07, 6.45) is 0. The Labute approximate surface area is 95.6 Å². The van der Waals surface area contributed by atoms with Crippen molar-refractivity contribution in [3.8, 4) is 11.3 Å². The monoisotopic (exact) mass is 236 g/mol. The van der Waals surface area contributed by atoms with Crippen molar-refractivity contribution in [3.05, 3.63) is 35.1 Å². The number of anilines is 1. The molecule has 0 bridgehead atoms. The number of nitrogens with zero attached hydrogens (tertiary/aromatic N) is 1. The van der Waals surface area contributed by atoms with Crippen LogP contribution in [-0.4, -0.2) is 16.2 Å². The number of carboxylic acid groups (broad SMARTS) is 1. The number of hydrogen-bond acceptors (Lipinski definition) is 4. The summed E-state index contributed by atoms with van der Waals surface area (Å²) in [4.78, 5) is 10.9. The highest BCUT2D eigenvalue weighted by Crippen LogP contribution is 2.26. The molecule has 0 aliphatic carbocycles. The van der Waals surface area contributed by atoms with Crippen molar-refractivity contribution in [1.82, 2.24) is 5.16 Å². The van der Waals surface area contributed by atoms with E-state index in [1.807, 2.05) is 0 Å². The van der Waals surface area contributed by atoms with Crippen molar-refractivity contribution >= 4 is 11.8 Å². The van der Waals surface area contributed by atoms with Gasteiger partial charge in [0.1, 0.15) is 5.82 Å². The van der Waals surface area contributed by atoms with Gasteiger partial charge in [-0.05, 0) is 24.6 Å². The van der Waals surface area contributed by atoms with E-state index >= 15 is 0 Å². The molecular weight excluding hydrogens is 227 g/mol. The average molecular weight is 236 g/mol. The van der Waals surface area contributed by atoms with Crippen LogP contribution >= 0.6 is 0 Å². The first-order valence-corrected chi connectivity index (χ1v) is 4.75. The van der Waals surface area contributed by atoms with Crippen molar-refractivity contribution < 1.29 is 18.8 Å². The van der Waals surface area contributed by atoms with E-state index < -0.39 is 11.8 Å². The Morgan fingerprint density at radius 1 is 1.47 bits per heavy atom. The van der Waals surface area contributed by atoms with Crippen molar-refractivity contribution in [2.75, 3.05) is 5.73 Å². The number of rotatable bonds is 2. The zero-order valence-corrected chi connectivity index (χ0v) is 8.90. The Kier molecular flexibility index (Phi) is 2.55. The molecule has 0 atom stereocenters. The predicted molar refractivity (Wildman–Crippen MR) is 58.0 cm³/mol. The molecule has 1 heterocycles. The third kappa shape index (κ3) is 1.96. The van der Waals surface area contributed by atoms with Crippen LogP contribution in [0.5, 0.6) is 0 Å². The highest BCUT2D eigenvalue weighted by Gasteiger charge is 2.15. The highest BCUT2D eigenvalue weighted by molar-refractivity contribution is 5.91. The van der Waals surface area contributed by atoms with Crippen molar-refractivity contribution in [1.29, 1.82) is 0 Å². The number of benzene rings is 1. The lowest BCUT2D eigenvalue weighted by Gasteiger charge is -2.04. The van der Waals surface area contributed by atoms with Crippen LogP contribution in [0, 0.1) is 12.7 Å². The van der Waals surface area contributed by atoms with Crippen LogP contribution in [0.25, 0.3) is 11.3 Å². The SMILES string of the molecule is Cc1c(F)cc(-c2cc(N)no2)cc1C(=O)O. The zero-order chi connectivity index (χ0) is 12.6. The molecule has 0 fully saturated rings. The molecule has 0 unspecified atom stereocenters. The normalized spacial score (nSPS) is 10.5. The molecule has 1 aromatic carbocycles. The molecule has 0 amide bonds. The molecule has 2 aromatic rings. The summed E-state index contributed by atoms with van der Waals surface area (Å²) < 4.78 is 18.4. The molecule has 88 valence electrons. The molecular formula is C11H9FN2O3. The fraction of sp³-hybridized carbons (Fsp3) is 0.0909. The van der Waals surface area contributed by atoms with Gasteiger partial charge >= 0.3 is 5.97 Å². The lowest BCUT2D eigenvalue weighted by molar-refractivity contribution is 0.0695. The zero-order valence-electron chi connectivity index (χ0n) is 8.90. The van der Waals surface area contributed by atoms with Gasteiger partial charge in [0.2, 0.25) is 0 Å². The summed E-state index contributed by atoms with van der Waals surface area (Å²) >= 11 is 0. The van der Waals surface area contributed by atoms with Crippen LogP contribution in [-0.2, 0) is 0 Å². The number of hydrogen-bond donors (Lipinski definition) is 2. The van der Waals surface area contributed by atoms with Crippen LogP contribution in [0.15, 0.2) is 22.7 Å². The van der Waals surface area contributed by atoms with Crippen LogP contribution in [0.1, 0.15) is 15.9 Å². The minimum atomic E-state index is -1.20. The number of nitrogen functional groups attached to an aromatic ring is 1. The fourth-order valence-corrected chi connectivity index (χ4v) is 1.47. The van der Waals surface area contributed by atoms with E-state index in [-0.39, 0.29) is 28.3 Å². The first-order chi connectivity index (χ1) is 7.99. The second-order valence-corrected chi connectivity index (χ2v) is 3.55. The van der Waals surface area contributed by atoms with Gasteiger partial charge < -0.3 is 15.4 Å². The molecule has 0 aliphatic rings. The molecule has 2 rings (SSSR count). The third-order valence-corrected chi connectivity index (χ3v) is 2.39. The maximum Gasteiger partial charge on any atom is 0.336 e. The van der Waals surface area contributed by atoms with Gasteiger partial charge in [0.05, 0.1) is 5.56 Å². The predicted octanol–water partition coefficient (Wildman–Crippen LogP) is 2.07. The summed E-state index contributed by atoms with van der Waals surface area (Å²) in [5, 5.41) is 12.4. The van der Waals surface area contributed by atoms with Crippen LogP contribution < -0.4 is 5.73 Å². The molecule has 0 spiro atoms. The van der Waals surface area contributed by atoms with E-state index in [9.17, 15) is 9.18 Å².